The van der Waals surface area contributed by atoms with Gasteiger partial charge in [0.25, 0.3) is 0 Å². The molecule has 2 aliphatic carbocycles. The van der Waals surface area contributed by atoms with Crippen LogP contribution >= 0.6 is 0 Å². The minimum atomic E-state index is 0.0622. The number of hydrogen-bond acceptors (Lipinski definition) is 1. The van der Waals surface area contributed by atoms with Crippen LogP contribution in [0.4, 0.5) is 0 Å². The van der Waals surface area contributed by atoms with E-state index in [0.29, 0.717) is 11.8 Å². The predicted molar refractivity (Wildman–Crippen MR) is 87.3 cm³/mol. The summed E-state index contributed by atoms with van der Waals surface area (Å²) in [5.74, 6) is 1.77. The van der Waals surface area contributed by atoms with E-state index in [-0.39, 0.29) is 11.7 Å². The molecule has 0 spiro atoms. The molecule has 2 fully saturated rings. The van der Waals surface area contributed by atoms with E-state index < -0.39 is 0 Å². The van der Waals surface area contributed by atoms with E-state index in [2.05, 4.69) is 48.5 Å². The van der Waals surface area contributed by atoms with E-state index in [9.17, 15) is 4.79 Å². The second kappa shape index (κ2) is 5.72. The van der Waals surface area contributed by atoms with Crippen molar-refractivity contribution in [3.8, 4) is 0 Å². The van der Waals surface area contributed by atoms with Gasteiger partial charge in [0, 0.05) is 23.7 Å². The maximum absolute atomic E-state index is 12.8. The minimum absolute atomic E-state index is 0.0622. The topological polar surface area (TPSA) is 17.1 Å². The van der Waals surface area contributed by atoms with E-state index in [4.69, 9.17) is 0 Å². The Hall–Kier alpha value is -1.89. The molecule has 0 bridgehead atoms. The Morgan fingerprint density at radius 3 is 1.59 bits per heavy atom. The van der Waals surface area contributed by atoms with Crippen molar-refractivity contribution in [3.05, 3.63) is 103 Å². The summed E-state index contributed by atoms with van der Waals surface area (Å²) in [5.41, 5.74) is 2.53. The van der Waals surface area contributed by atoms with Gasteiger partial charge in [0.05, 0.1) is 0 Å². The van der Waals surface area contributed by atoms with Gasteiger partial charge in [-0.2, -0.15) is 0 Å². The third-order valence-electron chi connectivity index (χ3n) is 4.64. The van der Waals surface area contributed by atoms with E-state index in [1.807, 2.05) is 37.8 Å². The Kier molecular flexibility index (Phi) is 3.57. The zero-order valence-corrected chi connectivity index (χ0v) is 12.2. The standard InChI is InChI=1S/C21H17O/c22-21(17-13-7-8-14-17)20-18(15-9-3-1-4-10-15)19(20)16-11-5-2-6-12-16/h1-14,18-20H. The lowest BCUT2D eigenvalue weighted by Crippen LogP contribution is -2.13. The van der Waals surface area contributed by atoms with E-state index in [1.54, 1.807) is 0 Å². The fourth-order valence-corrected chi connectivity index (χ4v) is 3.55. The van der Waals surface area contributed by atoms with Crippen molar-refractivity contribution in [3.63, 3.8) is 0 Å². The van der Waals surface area contributed by atoms with Gasteiger partial charge in [0.2, 0.25) is 0 Å². The van der Waals surface area contributed by atoms with Crippen LogP contribution in [0.3, 0.4) is 0 Å². The van der Waals surface area contributed by atoms with E-state index >= 15 is 0 Å². The van der Waals surface area contributed by atoms with Gasteiger partial charge in [-0.15, -0.1) is 0 Å². The molecule has 2 unspecified atom stereocenters. The summed E-state index contributed by atoms with van der Waals surface area (Å²) < 4.78 is 0. The Morgan fingerprint density at radius 1 is 0.682 bits per heavy atom. The SMILES string of the molecule is O=C([C]1[CH][CH][CH][CH]1)C1C(c2ccccc2)C1c1ccccc1. The number of rotatable bonds is 4. The first-order valence-corrected chi connectivity index (χ1v) is 7.72. The summed E-state index contributed by atoms with van der Waals surface area (Å²) in [7, 11) is 0. The fourth-order valence-electron chi connectivity index (χ4n) is 3.55. The lowest BCUT2D eigenvalue weighted by atomic mass is 9.96. The molecule has 2 aromatic rings. The number of hydrogen-bond donors (Lipinski definition) is 0. The molecule has 1 heteroatoms. The van der Waals surface area contributed by atoms with Gasteiger partial charge in [-0.05, 0) is 36.8 Å². The monoisotopic (exact) mass is 285 g/mol. The Labute approximate surface area is 132 Å². The maximum Gasteiger partial charge on any atom is 0.144 e. The van der Waals surface area contributed by atoms with Crippen LogP contribution in [-0.4, -0.2) is 5.78 Å². The summed E-state index contributed by atoms with van der Waals surface area (Å²) in [6.45, 7) is 0. The smallest absolute Gasteiger partial charge is 0.144 e. The second-order valence-electron chi connectivity index (χ2n) is 5.94. The van der Waals surface area contributed by atoms with Crippen LogP contribution in [0.2, 0.25) is 0 Å². The van der Waals surface area contributed by atoms with Gasteiger partial charge in [-0.1, -0.05) is 60.7 Å². The van der Waals surface area contributed by atoms with Crippen molar-refractivity contribution in [2.45, 2.75) is 11.8 Å². The zero-order chi connectivity index (χ0) is 14.9. The lowest BCUT2D eigenvalue weighted by molar-refractivity contribution is -0.118. The highest BCUT2D eigenvalue weighted by atomic mass is 16.1. The molecule has 0 saturated heterocycles. The molecule has 2 saturated carbocycles. The molecule has 0 aliphatic heterocycles. The van der Waals surface area contributed by atoms with E-state index in [0.717, 1.165) is 5.92 Å². The van der Waals surface area contributed by atoms with Gasteiger partial charge in [-0.3, -0.25) is 4.79 Å². The predicted octanol–water partition coefficient (Wildman–Crippen LogP) is 4.16. The molecular weight excluding hydrogens is 268 g/mol. The summed E-state index contributed by atoms with van der Waals surface area (Å²) in [6.07, 6.45) is 7.71. The molecule has 107 valence electrons. The van der Waals surface area contributed by atoms with Crippen LogP contribution in [0.25, 0.3) is 0 Å². The third-order valence-corrected chi connectivity index (χ3v) is 4.64. The van der Waals surface area contributed by atoms with Crippen molar-refractivity contribution in [2.75, 3.05) is 0 Å². The molecule has 2 atom stereocenters. The largest absolute Gasteiger partial charge is 0.299 e. The van der Waals surface area contributed by atoms with Gasteiger partial charge in [-0.25, -0.2) is 0 Å². The van der Waals surface area contributed by atoms with Crippen LogP contribution < -0.4 is 0 Å². The number of ketones is 1. The fraction of sp³-hybridized carbons (Fsp3) is 0.143. The summed E-state index contributed by atoms with van der Waals surface area (Å²) >= 11 is 0. The number of carbonyl (C=O) groups is 1. The molecule has 1 nitrogen and oxygen atoms in total. The molecule has 2 aliphatic rings. The molecule has 0 heterocycles. The van der Waals surface area contributed by atoms with Crippen LogP contribution in [0.1, 0.15) is 23.0 Å². The first-order chi connectivity index (χ1) is 10.9. The summed E-state index contributed by atoms with van der Waals surface area (Å²) in [6, 6.07) is 20.8. The average Bonchev–Trinajstić information content (AvgIpc) is 3.09. The van der Waals surface area contributed by atoms with Crippen LogP contribution in [-0.2, 0) is 4.79 Å². The Balaban J connectivity index is 1.64. The summed E-state index contributed by atoms with van der Waals surface area (Å²) in [4.78, 5) is 12.8. The van der Waals surface area contributed by atoms with Crippen LogP contribution in [0.5, 0.6) is 0 Å². The molecule has 0 amide bonds. The molecular formula is C21H17O. The van der Waals surface area contributed by atoms with Crippen molar-refractivity contribution >= 4 is 5.78 Å². The Morgan fingerprint density at radius 2 is 1.14 bits per heavy atom. The number of benzene rings is 2. The lowest BCUT2D eigenvalue weighted by Gasteiger charge is -2.06. The summed E-state index contributed by atoms with van der Waals surface area (Å²) in [5, 5.41) is 0. The second-order valence-corrected chi connectivity index (χ2v) is 5.94. The first-order valence-electron chi connectivity index (χ1n) is 7.72. The normalized spacial score (nSPS) is 27.7. The van der Waals surface area contributed by atoms with Gasteiger partial charge in [0.1, 0.15) is 5.78 Å². The highest BCUT2D eigenvalue weighted by Crippen LogP contribution is 2.62. The van der Waals surface area contributed by atoms with Crippen LogP contribution in [0.15, 0.2) is 60.7 Å². The van der Waals surface area contributed by atoms with Gasteiger partial charge >= 0.3 is 0 Å². The zero-order valence-electron chi connectivity index (χ0n) is 12.2. The van der Waals surface area contributed by atoms with Crippen molar-refractivity contribution < 1.29 is 4.79 Å². The third kappa shape index (κ3) is 2.39. The molecule has 0 N–H and O–H groups in total. The van der Waals surface area contributed by atoms with Gasteiger partial charge in [0.15, 0.2) is 0 Å². The molecule has 4 rings (SSSR count). The molecule has 2 aromatic carbocycles. The first kappa shape index (κ1) is 13.8. The van der Waals surface area contributed by atoms with E-state index in [1.165, 1.54) is 11.1 Å². The highest BCUT2D eigenvalue weighted by molar-refractivity contribution is 6.02. The Bertz CT molecular complexity index is 595. The van der Waals surface area contributed by atoms with Crippen molar-refractivity contribution in [2.24, 2.45) is 5.92 Å². The van der Waals surface area contributed by atoms with Gasteiger partial charge < -0.3 is 0 Å². The highest BCUT2D eigenvalue weighted by Gasteiger charge is 2.57. The van der Waals surface area contributed by atoms with Crippen LogP contribution in [0, 0.1) is 37.5 Å². The molecule has 5 radical (unpaired) electrons. The number of Topliss-reactive ketones (excluding diaryl/α,β-unsaturated/α-hetero) is 1. The quantitative estimate of drug-likeness (QED) is 0.824. The number of carbonyl (C=O) groups excluding carboxylic acids is 1. The molecule has 22 heavy (non-hydrogen) atoms. The maximum atomic E-state index is 12.8. The average molecular weight is 285 g/mol. The minimum Gasteiger partial charge on any atom is -0.299 e. The van der Waals surface area contributed by atoms with Crippen molar-refractivity contribution in [1.29, 1.82) is 0 Å². The molecule has 0 aromatic heterocycles. The van der Waals surface area contributed by atoms with Crippen molar-refractivity contribution in [1.82, 2.24) is 0 Å².